The largest absolute Gasteiger partial charge is 0.467 e. The Bertz CT molecular complexity index is 1290. The quantitative estimate of drug-likeness (QED) is 0.437. The van der Waals surface area contributed by atoms with Crippen molar-refractivity contribution in [3.8, 4) is 11.4 Å². The Morgan fingerprint density at radius 2 is 1.88 bits per heavy atom. The molecule has 2 aromatic carbocycles. The van der Waals surface area contributed by atoms with E-state index in [2.05, 4.69) is 15.5 Å². The summed E-state index contributed by atoms with van der Waals surface area (Å²) in [4.78, 5) is 27.1. The van der Waals surface area contributed by atoms with Crippen molar-refractivity contribution in [2.75, 3.05) is 16.8 Å². The molecule has 0 fully saturated rings. The van der Waals surface area contributed by atoms with E-state index in [1.165, 1.54) is 16.7 Å². The van der Waals surface area contributed by atoms with Crippen molar-refractivity contribution in [2.45, 2.75) is 23.9 Å². The van der Waals surface area contributed by atoms with Gasteiger partial charge in [-0.25, -0.2) is 0 Å². The fourth-order valence-electron chi connectivity index (χ4n) is 3.74. The summed E-state index contributed by atoms with van der Waals surface area (Å²) in [5.74, 6) is 1.06. The van der Waals surface area contributed by atoms with Crippen LogP contribution in [0.5, 0.6) is 0 Å². The number of hydrogen-bond acceptors (Lipinski definition) is 6. The topological polar surface area (TPSA) is 93.3 Å². The third kappa shape index (κ3) is 4.27. The first-order chi connectivity index (χ1) is 16.1. The molecule has 1 unspecified atom stereocenters. The Morgan fingerprint density at radius 1 is 1.09 bits per heavy atom. The molecular weight excluding hydrogens is 438 g/mol. The summed E-state index contributed by atoms with van der Waals surface area (Å²) in [6.45, 7) is 2.23. The van der Waals surface area contributed by atoms with E-state index in [0.29, 0.717) is 28.9 Å². The van der Waals surface area contributed by atoms with Crippen LogP contribution in [0, 0.1) is 0 Å². The maximum Gasteiger partial charge on any atom is 0.244 e. The summed E-state index contributed by atoms with van der Waals surface area (Å²) >= 11 is 1.31. The number of carbonyl (C=O) groups excluding carboxylic acids is 2. The molecule has 1 atom stereocenters. The van der Waals surface area contributed by atoms with E-state index in [1.54, 1.807) is 12.3 Å². The van der Waals surface area contributed by atoms with Gasteiger partial charge < -0.3 is 9.73 Å². The molecule has 9 heteroatoms. The van der Waals surface area contributed by atoms with Crippen LogP contribution < -0.4 is 10.2 Å². The average Bonchev–Trinajstić information content (AvgIpc) is 3.49. The number of nitrogens with zero attached hydrogens (tertiary/aromatic N) is 4. The highest BCUT2D eigenvalue weighted by Gasteiger charge is 2.31. The highest BCUT2D eigenvalue weighted by Crippen LogP contribution is 2.33. The third-order valence-corrected chi connectivity index (χ3v) is 6.38. The molecule has 0 spiro atoms. The van der Waals surface area contributed by atoms with Crippen LogP contribution in [0.3, 0.4) is 0 Å². The number of thioether (sulfide) groups is 1. The van der Waals surface area contributed by atoms with Crippen LogP contribution in [-0.4, -0.2) is 38.4 Å². The van der Waals surface area contributed by atoms with E-state index in [4.69, 9.17) is 4.42 Å². The monoisotopic (exact) mass is 459 g/mol. The minimum atomic E-state index is -0.493. The maximum atomic E-state index is 13.4. The molecule has 1 aliphatic rings. The fraction of sp³-hybridized carbons (Fsp3) is 0.167. The molecule has 33 heavy (non-hydrogen) atoms. The molecule has 0 saturated carbocycles. The number of aromatic nitrogens is 3. The van der Waals surface area contributed by atoms with E-state index in [1.807, 2.05) is 72.2 Å². The number of hydrogen-bond donors (Lipinski definition) is 1. The van der Waals surface area contributed by atoms with E-state index in [0.717, 1.165) is 11.3 Å². The molecule has 166 valence electrons. The first-order valence-corrected chi connectivity index (χ1v) is 11.4. The van der Waals surface area contributed by atoms with Gasteiger partial charge in [0.15, 0.2) is 11.0 Å². The Balaban J connectivity index is 1.44. The van der Waals surface area contributed by atoms with Crippen molar-refractivity contribution in [1.29, 1.82) is 0 Å². The second kappa shape index (κ2) is 8.95. The van der Waals surface area contributed by atoms with Crippen molar-refractivity contribution < 1.29 is 14.0 Å². The summed E-state index contributed by atoms with van der Waals surface area (Å²) in [5.41, 5.74) is 2.24. The van der Waals surface area contributed by atoms with Crippen molar-refractivity contribution in [3.05, 3.63) is 78.8 Å². The lowest BCUT2D eigenvalue weighted by Crippen LogP contribution is -2.45. The molecule has 0 bridgehead atoms. The number of furan rings is 1. The zero-order chi connectivity index (χ0) is 22.8. The molecule has 0 saturated heterocycles. The Labute approximate surface area is 194 Å². The molecule has 1 N–H and O–H groups in total. The number of fused-ring (bicyclic) bond motifs is 1. The zero-order valence-corrected chi connectivity index (χ0v) is 18.7. The molecule has 1 aliphatic heterocycles. The Morgan fingerprint density at radius 3 is 2.67 bits per heavy atom. The van der Waals surface area contributed by atoms with Gasteiger partial charge in [-0.15, -0.1) is 10.2 Å². The van der Waals surface area contributed by atoms with E-state index >= 15 is 0 Å². The lowest BCUT2D eigenvalue weighted by atomic mass is 10.2. The fourth-order valence-corrected chi connectivity index (χ4v) is 4.65. The van der Waals surface area contributed by atoms with Gasteiger partial charge in [0.25, 0.3) is 0 Å². The molecule has 3 heterocycles. The van der Waals surface area contributed by atoms with Gasteiger partial charge in [0.2, 0.25) is 11.8 Å². The first-order valence-electron chi connectivity index (χ1n) is 10.5. The van der Waals surface area contributed by atoms with Crippen LogP contribution >= 0.6 is 11.8 Å². The molecule has 2 aromatic heterocycles. The summed E-state index contributed by atoms with van der Waals surface area (Å²) in [6.07, 6.45) is 1.62. The molecule has 4 aromatic rings. The second-order valence-corrected chi connectivity index (χ2v) is 8.90. The number of rotatable bonds is 6. The SMILES string of the molecule is CC(Sc1nnc(-c2ccccc2)n1Cc1ccco1)C(=O)N1CC(=O)Nc2ccccc21. The van der Waals surface area contributed by atoms with E-state index < -0.39 is 5.25 Å². The lowest BCUT2D eigenvalue weighted by molar-refractivity contribution is -0.121. The summed E-state index contributed by atoms with van der Waals surface area (Å²) in [6, 6.07) is 20.8. The van der Waals surface area contributed by atoms with Crippen LogP contribution in [-0.2, 0) is 16.1 Å². The Kier molecular flexibility index (Phi) is 5.70. The maximum absolute atomic E-state index is 13.4. The summed E-state index contributed by atoms with van der Waals surface area (Å²) < 4.78 is 7.49. The van der Waals surface area contributed by atoms with Gasteiger partial charge in [0.05, 0.1) is 29.4 Å². The summed E-state index contributed by atoms with van der Waals surface area (Å²) in [7, 11) is 0. The first kappa shape index (κ1) is 21.0. The molecule has 0 radical (unpaired) electrons. The van der Waals surface area contributed by atoms with Crippen molar-refractivity contribution >= 4 is 35.0 Å². The van der Waals surface area contributed by atoms with Crippen LogP contribution in [0.25, 0.3) is 11.4 Å². The van der Waals surface area contributed by atoms with Gasteiger partial charge in [-0.1, -0.05) is 54.2 Å². The summed E-state index contributed by atoms with van der Waals surface area (Å²) in [5, 5.41) is 11.7. The number of amides is 2. The predicted molar refractivity (Wildman–Crippen MR) is 126 cm³/mol. The van der Waals surface area contributed by atoms with Crippen LogP contribution in [0.4, 0.5) is 11.4 Å². The second-order valence-electron chi connectivity index (χ2n) is 7.59. The van der Waals surface area contributed by atoms with Gasteiger partial charge in [0.1, 0.15) is 12.3 Å². The van der Waals surface area contributed by atoms with Crippen LogP contribution in [0.2, 0.25) is 0 Å². The van der Waals surface area contributed by atoms with E-state index in [9.17, 15) is 9.59 Å². The average molecular weight is 460 g/mol. The van der Waals surface area contributed by atoms with Gasteiger partial charge >= 0.3 is 0 Å². The van der Waals surface area contributed by atoms with Crippen molar-refractivity contribution in [3.63, 3.8) is 0 Å². The van der Waals surface area contributed by atoms with Gasteiger partial charge in [-0.3, -0.25) is 19.1 Å². The number of nitrogens with one attached hydrogen (secondary N) is 1. The third-order valence-electron chi connectivity index (χ3n) is 5.31. The van der Waals surface area contributed by atoms with Gasteiger partial charge in [0, 0.05) is 5.56 Å². The number of carbonyl (C=O) groups is 2. The number of anilines is 2. The van der Waals surface area contributed by atoms with Crippen LogP contribution in [0.1, 0.15) is 12.7 Å². The van der Waals surface area contributed by atoms with E-state index in [-0.39, 0.29) is 18.4 Å². The highest BCUT2D eigenvalue weighted by molar-refractivity contribution is 8.00. The lowest BCUT2D eigenvalue weighted by Gasteiger charge is -2.30. The molecule has 8 nitrogen and oxygen atoms in total. The van der Waals surface area contributed by atoms with Crippen LogP contribution in [0.15, 0.2) is 82.6 Å². The van der Waals surface area contributed by atoms with Gasteiger partial charge in [-0.05, 0) is 31.2 Å². The minimum absolute atomic E-state index is 0.0188. The molecule has 2 amide bonds. The standard InChI is InChI=1S/C24H21N5O3S/c1-16(23(31)28-15-21(30)25-19-11-5-6-12-20(19)28)33-24-27-26-22(17-8-3-2-4-9-17)29(24)14-18-10-7-13-32-18/h2-13,16H,14-15H2,1H3,(H,25,30). The Hall–Kier alpha value is -3.85. The zero-order valence-electron chi connectivity index (χ0n) is 17.8. The van der Waals surface area contributed by atoms with Gasteiger partial charge in [-0.2, -0.15) is 0 Å². The predicted octanol–water partition coefficient (Wildman–Crippen LogP) is 4.05. The molecular formula is C24H21N5O3S. The normalized spacial score (nSPS) is 14.0. The highest BCUT2D eigenvalue weighted by atomic mass is 32.2. The minimum Gasteiger partial charge on any atom is -0.467 e. The number of para-hydroxylation sites is 2. The smallest absolute Gasteiger partial charge is 0.244 e. The van der Waals surface area contributed by atoms with Crippen molar-refractivity contribution in [2.24, 2.45) is 0 Å². The molecule has 0 aliphatic carbocycles. The number of benzene rings is 2. The molecule has 5 rings (SSSR count). The van der Waals surface area contributed by atoms with Crippen molar-refractivity contribution in [1.82, 2.24) is 14.8 Å².